The van der Waals surface area contributed by atoms with Gasteiger partial charge in [0, 0.05) is 21.7 Å². The number of benzene rings is 1. The molecule has 104 valence electrons. The first-order valence-electron chi connectivity index (χ1n) is 7.28. The van der Waals surface area contributed by atoms with Gasteiger partial charge in [0.25, 0.3) is 0 Å². The number of thiophene rings is 1. The van der Waals surface area contributed by atoms with Crippen LogP contribution < -0.4 is 5.32 Å². The normalized spacial score (nSPS) is 15.1. The Hall–Kier alpha value is -0.860. The van der Waals surface area contributed by atoms with Gasteiger partial charge in [-0.1, -0.05) is 39.0 Å². The molecule has 2 unspecified atom stereocenters. The highest BCUT2D eigenvalue weighted by molar-refractivity contribution is 7.19. The predicted octanol–water partition coefficient (Wildman–Crippen LogP) is 5.29. The maximum absolute atomic E-state index is 3.79. The van der Waals surface area contributed by atoms with E-state index >= 15 is 0 Å². The molecular weight excluding hydrogens is 250 g/mol. The third kappa shape index (κ3) is 3.01. The quantitative estimate of drug-likeness (QED) is 0.781. The summed E-state index contributed by atoms with van der Waals surface area (Å²) in [4.78, 5) is 1.49. The van der Waals surface area contributed by atoms with Crippen molar-refractivity contribution in [3.8, 4) is 0 Å². The van der Waals surface area contributed by atoms with Crippen LogP contribution in [0.4, 0.5) is 0 Å². The van der Waals surface area contributed by atoms with E-state index in [4.69, 9.17) is 0 Å². The van der Waals surface area contributed by atoms with E-state index in [0.717, 1.165) is 0 Å². The second-order valence-electron chi connectivity index (χ2n) is 5.73. The Morgan fingerprint density at radius 3 is 2.42 bits per heavy atom. The lowest BCUT2D eigenvalue weighted by molar-refractivity contribution is 0.357. The monoisotopic (exact) mass is 275 g/mol. The molecule has 2 heteroatoms. The Kier molecular flexibility index (Phi) is 4.64. The van der Waals surface area contributed by atoms with Crippen LogP contribution in [0.1, 0.15) is 50.6 Å². The highest BCUT2D eigenvalue weighted by atomic mass is 32.1. The van der Waals surface area contributed by atoms with Crippen LogP contribution in [-0.2, 0) is 0 Å². The fourth-order valence-corrected chi connectivity index (χ4v) is 4.01. The molecule has 0 aliphatic carbocycles. The zero-order chi connectivity index (χ0) is 14.0. The van der Waals surface area contributed by atoms with Crippen molar-refractivity contribution in [2.75, 3.05) is 0 Å². The van der Waals surface area contributed by atoms with Gasteiger partial charge < -0.3 is 5.32 Å². The molecule has 1 heterocycles. The minimum Gasteiger partial charge on any atom is -0.306 e. The second-order valence-corrected chi connectivity index (χ2v) is 6.82. The first-order chi connectivity index (χ1) is 9.04. The molecule has 1 aromatic carbocycles. The molecule has 0 saturated heterocycles. The van der Waals surface area contributed by atoms with E-state index in [0.29, 0.717) is 18.0 Å². The van der Waals surface area contributed by atoms with Crippen molar-refractivity contribution in [2.45, 2.75) is 53.1 Å². The van der Waals surface area contributed by atoms with Crippen LogP contribution in [0.15, 0.2) is 24.3 Å². The summed E-state index contributed by atoms with van der Waals surface area (Å²) in [5.41, 5.74) is 1.44. The maximum Gasteiger partial charge on any atom is 0.0391 e. The van der Waals surface area contributed by atoms with Gasteiger partial charge in [0.15, 0.2) is 0 Å². The number of rotatable bonds is 5. The summed E-state index contributed by atoms with van der Waals surface area (Å²) >= 11 is 1.93. The van der Waals surface area contributed by atoms with Gasteiger partial charge in [0.1, 0.15) is 0 Å². The van der Waals surface area contributed by atoms with Crippen LogP contribution in [-0.4, -0.2) is 6.04 Å². The molecule has 1 nitrogen and oxygen atoms in total. The van der Waals surface area contributed by atoms with E-state index in [1.54, 1.807) is 0 Å². The smallest absolute Gasteiger partial charge is 0.0391 e. The minimum absolute atomic E-state index is 0.435. The molecular formula is C17H25NS. The van der Waals surface area contributed by atoms with Gasteiger partial charge in [-0.2, -0.15) is 0 Å². The lowest BCUT2D eigenvalue weighted by Crippen LogP contribution is -2.35. The molecule has 1 aromatic heterocycles. The summed E-state index contributed by atoms with van der Waals surface area (Å²) in [5.74, 6) is 0.683. The lowest BCUT2D eigenvalue weighted by atomic mass is 10.00. The standard InChI is InChI=1S/C17H25NS/c1-6-15(11(2)3)18-13(5)17-12(4)14-9-7-8-10-16(14)19-17/h7-11,13,15,18H,6H2,1-5H3. The van der Waals surface area contributed by atoms with E-state index in [2.05, 4.69) is 64.2 Å². The third-order valence-corrected chi connectivity index (χ3v) is 5.44. The highest BCUT2D eigenvalue weighted by Gasteiger charge is 2.18. The molecule has 1 N–H and O–H groups in total. The van der Waals surface area contributed by atoms with Gasteiger partial charge in [0.05, 0.1) is 0 Å². The van der Waals surface area contributed by atoms with E-state index in [9.17, 15) is 0 Å². The summed E-state index contributed by atoms with van der Waals surface area (Å²) in [7, 11) is 0. The van der Waals surface area contributed by atoms with Gasteiger partial charge in [-0.25, -0.2) is 0 Å². The number of nitrogens with one attached hydrogen (secondary N) is 1. The molecule has 0 spiro atoms. The average Bonchev–Trinajstić information content (AvgIpc) is 2.73. The largest absolute Gasteiger partial charge is 0.306 e. The van der Waals surface area contributed by atoms with Gasteiger partial charge in [0.2, 0.25) is 0 Å². The zero-order valence-corrected chi connectivity index (χ0v) is 13.5. The Bertz CT molecular complexity index is 541. The first kappa shape index (κ1) is 14.5. The maximum atomic E-state index is 3.79. The summed E-state index contributed by atoms with van der Waals surface area (Å²) in [5, 5.41) is 5.21. The minimum atomic E-state index is 0.435. The van der Waals surface area contributed by atoms with Gasteiger partial charge >= 0.3 is 0 Å². The Labute approximate surface area is 121 Å². The molecule has 0 bridgehead atoms. The number of hydrogen-bond donors (Lipinski definition) is 1. The number of fused-ring (bicyclic) bond motifs is 1. The van der Waals surface area contributed by atoms with Crippen LogP contribution in [0, 0.1) is 12.8 Å². The van der Waals surface area contributed by atoms with E-state index in [1.165, 1.54) is 26.9 Å². The van der Waals surface area contributed by atoms with Crippen molar-refractivity contribution < 1.29 is 0 Å². The van der Waals surface area contributed by atoms with Crippen molar-refractivity contribution in [1.82, 2.24) is 5.32 Å². The van der Waals surface area contributed by atoms with E-state index in [1.807, 2.05) is 11.3 Å². The molecule has 2 aromatic rings. The topological polar surface area (TPSA) is 12.0 Å². The summed E-state index contributed by atoms with van der Waals surface area (Å²) < 4.78 is 1.40. The fourth-order valence-electron chi connectivity index (χ4n) is 2.78. The van der Waals surface area contributed by atoms with Gasteiger partial charge in [-0.05, 0) is 43.2 Å². The van der Waals surface area contributed by atoms with Crippen molar-refractivity contribution in [1.29, 1.82) is 0 Å². The fraction of sp³-hybridized carbons (Fsp3) is 0.529. The second kappa shape index (κ2) is 6.06. The van der Waals surface area contributed by atoms with Crippen LogP contribution >= 0.6 is 11.3 Å². The Morgan fingerprint density at radius 2 is 1.84 bits per heavy atom. The molecule has 0 fully saturated rings. The Morgan fingerprint density at radius 1 is 1.16 bits per heavy atom. The molecule has 0 aliphatic rings. The van der Waals surface area contributed by atoms with Crippen molar-refractivity contribution in [2.24, 2.45) is 5.92 Å². The summed E-state index contributed by atoms with van der Waals surface area (Å²) in [6.07, 6.45) is 1.19. The summed E-state index contributed by atoms with van der Waals surface area (Å²) in [6.45, 7) is 11.4. The van der Waals surface area contributed by atoms with Crippen LogP contribution in [0.5, 0.6) is 0 Å². The third-order valence-electron chi connectivity index (χ3n) is 3.98. The highest BCUT2D eigenvalue weighted by Crippen LogP contribution is 2.34. The molecule has 0 amide bonds. The molecule has 2 atom stereocenters. The molecule has 2 rings (SSSR count). The molecule has 19 heavy (non-hydrogen) atoms. The Balaban J connectivity index is 2.26. The van der Waals surface area contributed by atoms with Crippen molar-refractivity contribution in [3.05, 3.63) is 34.7 Å². The van der Waals surface area contributed by atoms with Crippen LogP contribution in [0.25, 0.3) is 10.1 Å². The first-order valence-corrected chi connectivity index (χ1v) is 8.10. The van der Waals surface area contributed by atoms with E-state index < -0.39 is 0 Å². The SMILES string of the molecule is CCC(NC(C)c1sc2ccccc2c1C)C(C)C. The molecule has 0 aliphatic heterocycles. The molecule has 0 saturated carbocycles. The number of aryl methyl sites for hydroxylation is 1. The molecule has 0 radical (unpaired) electrons. The number of hydrogen-bond acceptors (Lipinski definition) is 2. The van der Waals surface area contributed by atoms with Crippen LogP contribution in [0.3, 0.4) is 0 Å². The van der Waals surface area contributed by atoms with Crippen LogP contribution in [0.2, 0.25) is 0 Å². The van der Waals surface area contributed by atoms with Gasteiger partial charge in [-0.3, -0.25) is 0 Å². The van der Waals surface area contributed by atoms with E-state index in [-0.39, 0.29) is 0 Å². The van der Waals surface area contributed by atoms with Gasteiger partial charge in [-0.15, -0.1) is 11.3 Å². The summed E-state index contributed by atoms with van der Waals surface area (Å²) in [6, 6.07) is 9.75. The predicted molar refractivity (Wildman–Crippen MR) is 87.0 cm³/mol. The average molecular weight is 275 g/mol. The zero-order valence-electron chi connectivity index (χ0n) is 12.7. The van der Waals surface area contributed by atoms with Crippen molar-refractivity contribution in [3.63, 3.8) is 0 Å². The van der Waals surface area contributed by atoms with Crippen molar-refractivity contribution >= 4 is 21.4 Å². The lowest BCUT2D eigenvalue weighted by Gasteiger charge is -2.25.